The molecule has 1 aromatic heterocycles. The highest BCUT2D eigenvalue weighted by Crippen LogP contribution is 2.19. The van der Waals surface area contributed by atoms with Crippen LogP contribution in [-0.4, -0.2) is 17.3 Å². The summed E-state index contributed by atoms with van der Waals surface area (Å²) in [5, 5.41) is 0. The first kappa shape index (κ1) is 11.3. The highest BCUT2D eigenvalue weighted by Gasteiger charge is 2.18. The number of nitrogens with two attached hydrogens (primary N) is 1. The topological polar surface area (TPSA) is 70.4 Å². The maximum Gasteiger partial charge on any atom is 0.420 e. The number of benzene rings is 1. The average molecular weight is 248 g/mol. The Balaban J connectivity index is 1.95. The lowest BCUT2D eigenvalue weighted by Gasteiger charge is -2.22. The Labute approximate surface area is 104 Å². The molecular formula is C13H16N2O3. The quantitative estimate of drug-likeness (QED) is 0.822. The summed E-state index contributed by atoms with van der Waals surface area (Å²) in [7, 11) is 0. The number of nitrogen functional groups attached to an aromatic ring is 1. The molecule has 0 aliphatic carbocycles. The van der Waals surface area contributed by atoms with Crippen LogP contribution in [0.5, 0.6) is 0 Å². The summed E-state index contributed by atoms with van der Waals surface area (Å²) in [5.41, 5.74) is 7.58. The molecule has 1 unspecified atom stereocenters. The van der Waals surface area contributed by atoms with Gasteiger partial charge in [-0.15, -0.1) is 0 Å². The Kier molecular flexibility index (Phi) is 2.83. The van der Waals surface area contributed by atoms with Crippen LogP contribution in [0.2, 0.25) is 0 Å². The van der Waals surface area contributed by atoms with E-state index in [9.17, 15) is 4.79 Å². The number of oxazole rings is 1. The number of anilines is 1. The molecule has 0 amide bonds. The van der Waals surface area contributed by atoms with Crippen LogP contribution >= 0.6 is 0 Å². The first-order valence-corrected chi connectivity index (χ1v) is 6.24. The maximum absolute atomic E-state index is 11.8. The van der Waals surface area contributed by atoms with Crippen molar-refractivity contribution in [3.8, 4) is 0 Å². The van der Waals surface area contributed by atoms with Crippen LogP contribution in [0.15, 0.2) is 27.4 Å². The number of ether oxygens (including phenoxy) is 1. The standard InChI is InChI=1S/C13H16N2O3/c14-9-4-5-11-12(7-9)18-13(16)15(11)8-10-3-1-2-6-17-10/h4-5,7,10H,1-3,6,8,14H2. The second-order valence-electron chi connectivity index (χ2n) is 4.69. The van der Waals surface area contributed by atoms with Crippen LogP contribution in [-0.2, 0) is 11.3 Å². The van der Waals surface area contributed by atoms with E-state index in [4.69, 9.17) is 14.9 Å². The van der Waals surface area contributed by atoms with Crippen LogP contribution in [0, 0.1) is 0 Å². The van der Waals surface area contributed by atoms with Gasteiger partial charge in [-0.2, -0.15) is 0 Å². The van der Waals surface area contributed by atoms with E-state index in [0.717, 1.165) is 31.4 Å². The van der Waals surface area contributed by atoms with Gasteiger partial charge in [0.2, 0.25) is 0 Å². The smallest absolute Gasteiger partial charge is 0.408 e. The van der Waals surface area contributed by atoms with Gasteiger partial charge in [-0.3, -0.25) is 4.57 Å². The van der Waals surface area contributed by atoms with E-state index in [2.05, 4.69) is 0 Å². The summed E-state index contributed by atoms with van der Waals surface area (Å²) >= 11 is 0. The third-order valence-electron chi connectivity index (χ3n) is 3.35. The highest BCUT2D eigenvalue weighted by atomic mass is 16.5. The molecule has 1 aromatic carbocycles. The number of nitrogens with zero attached hydrogens (tertiary/aromatic N) is 1. The van der Waals surface area contributed by atoms with Gasteiger partial charge in [-0.05, 0) is 31.4 Å². The van der Waals surface area contributed by atoms with Gasteiger partial charge in [0.15, 0.2) is 5.58 Å². The zero-order valence-electron chi connectivity index (χ0n) is 10.1. The van der Waals surface area contributed by atoms with E-state index in [0.29, 0.717) is 17.8 Å². The molecular weight excluding hydrogens is 232 g/mol. The molecule has 2 aromatic rings. The number of aromatic nitrogens is 1. The molecule has 1 saturated heterocycles. The van der Waals surface area contributed by atoms with Crippen LogP contribution in [0.4, 0.5) is 5.69 Å². The van der Waals surface area contributed by atoms with Crippen molar-refractivity contribution in [3.05, 3.63) is 28.7 Å². The minimum atomic E-state index is -0.343. The van der Waals surface area contributed by atoms with Gasteiger partial charge in [0.05, 0.1) is 18.2 Å². The Bertz CT molecular complexity index is 608. The molecule has 0 radical (unpaired) electrons. The van der Waals surface area contributed by atoms with Gasteiger partial charge in [0, 0.05) is 18.4 Å². The molecule has 1 aliphatic heterocycles. The lowest BCUT2D eigenvalue weighted by Crippen LogP contribution is -2.28. The molecule has 2 N–H and O–H groups in total. The molecule has 0 saturated carbocycles. The molecule has 2 heterocycles. The summed E-state index contributed by atoms with van der Waals surface area (Å²) in [4.78, 5) is 11.8. The van der Waals surface area contributed by atoms with Gasteiger partial charge in [0.25, 0.3) is 0 Å². The van der Waals surface area contributed by atoms with E-state index in [1.807, 2.05) is 6.07 Å². The predicted octanol–water partition coefficient (Wildman–Crippen LogP) is 1.75. The maximum atomic E-state index is 11.8. The normalized spacial score (nSPS) is 20.3. The van der Waals surface area contributed by atoms with E-state index >= 15 is 0 Å². The molecule has 1 atom stereocenters. The molecule has 5 heteroatoms. The number of hydrogen-bond acceptors (Lipinski definition) is 4. The lowest BCUT2D eigenvalue weighted by atomic mass is 10.1. The van der Waals surface area contributed by atoms with E-state index in [1.54, 1.807) is 16.7 Å². The van der Waals surface area contributed by atoms with Crippen molar-refractivity contribution in [1.82, 2.24) is 4.57 Å². The first-order valence-electron chi connectivity index (χ1n) is 6.24. The Hall–Kier alpha value is -1.75. The average Bonchev–Trinajstić information content (AvgIpc) is 2.66. The van der Waals surface area contributed by atoms with Crippen molar-refractivity contribution < 1.29 is 9.15 Å². The van der Waals surface area contributed by atoms with Crippen LogP contribution < -0.4 is 11.5 Å². The Morgan fingerprint density at radius 3 is 3.06 bits per heavy atom. The summed E-state index contributed by atoms with van der Waals surface area (Å²) in [5.74, 6) is -0.343. The van der Waals surface area contributed by atoms with Crippen molar-refractivity contribution in [2.45, 2.75) is 31.9 Å². The van der Waals surface area contributed by atoms with Crippen molar-refractivity contribution in [2.75, 3.05) is 12.3 Å². The zero-order valence-corrected chi connectivity index (χ0v) is 10.1. The number of fused-ring (bicyclic) bond motifs is 1. The predicted molar refractivity (Wildman–Crippen MR) is 68.5 cm³/mol. The van der Waals surface area contributed by atoms with Crippen molar-refractivity contribution in [1.29, 1.82) is 0 Å². The van der Waals surface area contributed by atoms with Gasteiger partial charge < -0.3 is 14.9 Å². The largest absolute Gasteiger partial charge is 0.420 e. The fourth-order valence-corrected chi connectivity index (χ4v) is 2.41. The molecule has 18 heavy (non-hydrogen) atoms. The molecule has 0 bridgehead atoms. The molecule has 0 spiro atoms. The van der Waals surface area contributed by atoms with Crippen LogP contribution in [0.3, 0.4) is 0 Å². The summed E-state index contributed by atoms with van der Waals surface area (Å²) in [6.45, 7) is 1.33. The van der Waals surface area contributed by atoms with Crippen molar-refractivity contribution in [2.24, 2.45) is 0 Å². The fourth-order valence-electron chi connectivity index (χ4n) is 2.41. The fraction of sp³-hybridized carbons (Fsp3) is 0.462. The van der Waals surface area contributed by atoms with Gasteiger partial charge in [-0.25, -0.2) is 4.79 Å². The summed E-state index contributed by atoms with van der Waals surface area (Å²) in [6.07, 6.45) is 3.36. The lowest BCUT2D eigenvalue weighted by molar-refractivity contribution is 0.00559. The summed E-state index contributed by atoms with van der Waals surface area (Å²) in [6, 6.07) is 5.27. The second kappa shape index (κ2) is 4.49. The molecule has 96 valence electrons. The Morgan fingerprint density at radius 1 is 1.39 bits per heavy atom. The zero-order chi connectivity index (χ0) is 12.5. The van der Waals surface area contributed by atoms with Crippen LogP contribution in [0.1, 0.15) is 19.3 Å². The number of hydrogen-bond donors (Lipinski definition) is 1. The molecule has 1 aliphatic rings. The monoisotopic (exact) mass is 248 g/mol. The third kappa shape index (κ3) is 2.01. The van der Waals surface area contributed by atoms with E-state index in [1.165, 1.54) is 0 Å². The number of rotatable bonds is 2. The minimum Gasteiger partial charge on any atom is -0.408 e. The van der Waals surface area contributed by atoms with Crippen LogP contribution in [0.25, 0.3) is 11.1 Å². The van der Waals surface area contributed by atoms with E-state index in [-0.39, 0.29) is 11.9 Å². The van der Waals surface area contributed by atoms with Crippen molar-refractivity contribution >= 4 is 16.8 Å². The second-order valence-corrected chi connectivity index (χ2v) is 4.69. The van der Waals surface area contributed by atoms with Gasteiger partial charge in [0.1, 0.15) is 0 Å². The molecule has 5 nitrogen and oxygen atoms in total. The molecule has 3 rings (SSSR count). The van der Waals surface area contributed by atoms with Gasteiger partial charge >= 0.3 is 5.76 Å². The first-order chi connectivity index (χ1) is 8.74. The van der Waals surface area contributed by atoms with Gasteiger partial charge in [-0.1, -0.05) is 0 Å². The highest BCUT2D eigenvalue weighted by molar-refractivity contribution is 5.76. The van der Waals surface area contributed by atoms with E-state index < -0.39 is 0 Å². The third-order valence-corrected chi connectivity index (χ3v) is 3.35. The minimum absolute atomic E-state index is 0.106. The Morgan fingerprint density at radius 2 is 2.28 bits per heavy atom. The summed E-state index contributed by atoms with van der Waals surface area (Å²) < 4.78 is 12.5. The molecule has 1 fully saturated rings. The SMILES string of the molecule is Nc1ccc2c(c1)oc(=O)n2CC1CCCCO1. The van der Waals surface area contributed by atoms with Crippen molar-refractivity contribution in [3.63, 3.8) is 0 Å².